The Labute approximate surface area is 129 Å². The maximum absolute atomic E-state index is 12.5. The summed E-state index contributed by atoms with van der Waals surface area (Å²) in [6.07, 6.45) is 5.84. The fourth-order valence-electron chi connectivity index (χ4n) is 2.81. The van der Waals surface area contributed by atoms with E-state index in [-0.39, 0.29) is 11.8 Å². The van der Waals surface area contributed by atoms with E-state index in [1.165, 1.54) is 37.5 Å². The minimum Gasteiger partial charge on any atom is -0.337 e. The topological polar surface area (TPSA) is 62.3 Å². The van der Waals surface area contributed by atoms with Gasteiger partial charge in [-0.05, 0) is 25.2 Å². The van der Waals surface area contributed by atoms with Gasteiger partial charge in [-0.15, -0.1) is 11.3 Å². The molecular formula is C15H23N3O2S. The number of anilines is 1. The molecule has 1 aliphatic rings. The molecule has 1 saturated heterocycles. The van der Waals surface area contributed by atoms with Gasteiger partial charge in [0.15, 0.2) is 5.13 Å². The summed E-state index contributed by atoms with van der Waals surface area (Å²) in [6.45, 7) is 5.28. The lowest BCUT2D eigenvalue weighted by molar-refractivity contribution is -0.114. The molecule has 1 aromatic heterocycles. The molecule has 116 valence electrons. The minimum absolute atomic E-state index is 0.0139. The summed E-state index contributed by atoms with van der Waals surface area (Å²) >= 11 is 1.29. The van der Waals surface area contributed by atoms with Crippen molar-refractivity contribution in [1.82, 2.24) is 9.88 Å². The van der Waals surface area contributed by atoms with Gasteiger partial charge in [-0.1, -0.05) is 19.8 Å². The van der Waals surface area contributed by atoms with Crippen molar-refractivity contribution in [2.75, 3.05) is 18.4 Å². The van der Waals surface area contributed by atoms with Crippen LogP contribution < -0.4 is 5.32 Å². The van der Waals surface area contributed by atoms with Gasteiger partial charge in [0.1, 0.15) is 5.69 Å². The van der Waals surface area contributed by atoms with Gasteiger partial charge in [0.2, 0.25) is 5.91 Å². The number of amides is 2. The Balaban J connectivity index is 1.96. The van der Waals surface area contributed by atoms with Crippen LogP contribution in [0.2, 0.25) is 0 Å². The third kappa shape index (κ3) is 4.52. The number of nitrogens with zero attached hydrogens (tertiary/aromatic N) is 2. The highest BCUT2D eigenvalue weighted by molar-refractivity contribution is 7.14. The highest BCUT2D eigenvalue weighted by Crippen LogP contribution is 2.23. The number of nitrogens with one attached hydrogen (secondary N) is 1. The van der Waals surface area contributed by atoms with Crippen LogP contribution in [0, 0.1) is 5.92 Å². The van der Waals surface area contributed by atoms with Gasteiger partial charge in [0.25, 0.3) is 5.91 Å². The number of rotatable bonds is 4. The number of likely N-dealkylation sites (tertiary alicyclic amines) is 1. The van der Waals surface area contributed by atoms with Crippen LogP contribution in [0.15, 0.2) is 5.38 Å². The summed E-state index contributed by atoms with van der Waals surface area (Å²) in [5, 5.41) is 4.83. The standard InChI is InChI=1S/C15H23N3O2S/c1-3-5-12-6-4-8-18(9-7-12)14(20)13-10-21-15(17-13)16-11(2)19/h10,12H,3-9H2,1-2H3,(H,16,17,19)/t12-/m0/s1. The first kappa shape index (κ1) is 15.9. The zero-order valence-corrected chi connectivity index (χ0v) is 13.5. The molecule has 1 atom stereocenters. The minimum atomic E-state index is -0.166. The van der Waals surface area contributed by atoms with Crippen LogP contribution in [0.5, 0.6) is 0 Å². The molecular weight excluding hydrogens is 286 g/mol. The first-order chi connectivity index (χ1) is 10.1. The number of hydrogen-bond acceptors (Lipinski definition) is 4. The molecule has 21 heavy (non-hydrogen) atoms. The van der Waals surface area contributed by atoms with E-state index in [1.807, 2.05) is 4.90 Å². The molecule has 6 heteroatoms. The summed E-state index contributed by atoms with van der Waals surface area (Å²) in [5.74, 6) is 0.568. The van der Waals surface area contributed by atoms with E-state index in [9.17, 15) is 9.59 Å². The van der Waals surface area contributed by atoms with E-state index < -0.39 is 0 Å². The monoisotopic (exact) mass is 309 g/mol. The maximum atomic E-state index is 12.5. The summed E-state index contributed by atoms with van der Waals surface area (Å²) in [6, 6.07) is 0. The van der Waals surface area contributed by atoms with Crippen LogP contribution in [-0.2, 0) is 4.79 Å². The van der Waals surface area contributed by atoms with E-state index in [4.69, 9.17) is 0 Å². The molecule has 0 saturated carbocycles. The van der Waals surface area contributed by atoms with Crippen molar-refractivity contribution in [2.45, 2.75) is 46.0 Å². The molecule has 1 aliphatic heterocycles. The average molecular weight is 309 g/mol. The first-order valence-electron chi connectivity index (χ1n) is 7.62. The van der Waals surface area contributed by atoms with Crippen molar-refractivity contribution >= 4 is 28.3 Å². The molecule has 0 aliphatic carbocycles. The van der Waals surface area contributed by atoms with E-state index >= 15 is 0 Å². The zero-order valence-electron chi connectivity index (χ0n) is 12.7. The number of hydrogen-bond donors (Lipinski definition) is 1. The van der Waals surface area contributed by atoms with Crippen LogP contribution in [-0.4, -0.2) is 34.8 Å². The SMILES string of the molecule is CCC[C@H]1CCCN(C(=O)c2csc(NC(C)=O)n2)CC1. The van der Waals surface area contributed by atoms with Crippen LogP contribution in [0.1, 0.15) is 56.4 Å². The third-order valence-corrected chi connectivity index (χ3v) is 4.60. The number of carbonyl (C=O) groups excluding carboxylic acids is 2. The van der Waals surface area contributed by atoms with Gasteiger partial charge in [-0.25, -0.2) is 4.98 Å². The normalized spacial score (nSPS) is 19.1. The van der Waals surface area contributed by atoms with Crippen molar-refractivity contribution in [3.05, 3.63) is 11.1 Å². The van der Waals surface area contributed by atoms with Crippen molar-refractivity contribution in [1.29, 1.82) is 0 Å². The highest BCUT2D eigenvalue weighted by atomic mass is 32.1. The van der Waals surface area contributed by atoms with E-state index in [2.05, 4.69) is 17.2 Å². The molecule has 0 radical (unpaired) electrons. The molecule has 1 N–H and O–H groups in total. The van der Waals surface area contributed by atoms with Crippen LogP contribution in [0.4, 0.5) is 5.13 Å². The van der Waals surface area contributed by atoms with Crippen molar-refractivity contribution in [3.8, 4) is 0 Å². The van der Waals surface area contributed by atoms with Gasteiger partial charge in [-0.2, -0.15) is 0 Å². The molecule has 5 nitrogen and oxygen atoms in total. The fourth-order valence-corrected chi connectivity index (χ4v) is 3.54. The van der Waals surface area contributed by atoms with Crippen molar-refractivity contribution < 1.29 is 9.59 Å². The molecule has 0 bridgehead atoms. The zero-order chi connectivity index (χ0) is 15.2. The third-order valence-electron chi connectivity index (χ3n) is 3.84. The van der Waals surface area contributed by atoms with Crippen LogP contribution in [0.3, 0.4) is 0 Å². The van der Waals surface area contributed by atoms with Gasteiger partial charge >= 0.3 is 0 Å². The Morgan fingerprint density at radius 1 is 1.43 bits per heavy atom. The average Bonchev–Trinajstić information content (AvgIpc) is 2.76. The largest absolute Gasteiger partial charge is 0.337 e. The van der Waals surface area contributed by atoms with Gasteiger partial charge in [0, 0.05) is 25.4 Å². The van der Waals surface area contributed by atoms with Crippen LogP contribution in [0.25, 0.3) is 0 Å². The summed E-state index contributed by atoms with van der Waals surface area (Å²) in [7, 11) is 0. The van der Waals surface area contributed by atoms with Crippen LogP contribution >= 0.6 is 11.3 Å². The molecule has 0 unspecified atom stereocenters. The Hall–Kier alpha value is -1.43. The van der Waals surface area contributed by atoms with Gasteiger partial charge in [0.05, 0.1) is 0 Å². The lowest BCUT2D eigenvalue weighted by Crippen LogP contribution is -2.32. The lowest BCUT2D eigenvalue weighted by atomic mass is 9.96. The summed E-state index contributed by atoms with van der Waals surface area (Å²) in [5.41, 5.74) is 0.442. The molecule has 0 spiro atoms. The van der Waals surface area contributed by atoms with Gasteiger partial charge in [-0.3, -0.25) is 9.59 Å². The van der Waals surface area contributed by atoms with E-state index in [0.717, 1.165) is 31.8 Å². The Morgan fingerprint density at radius 3 is 2.95 bits per heavy atom. The molecule has 2 rings (SSSR count). The number of aromatic nitrogens is 1. The lowest BCUT2D eigenvalue weighted by Gasteiger charge is -2.19. The summed E-state index contributed by atoms with van der Waals surface area (Å²) < 4.78 is 0. The molecule has 0 aromatic carbocycles. The fraction of sp³-hybridized carbons (Fsp3) is 0.667. The van der Waals surface area contributed by atoms with Crippen molar-refractivity contribution in [3.63, 3.8) is 0 Å². The van der Waals surface area contributed by atoms with E-state index in [1.54, 1.807) is 5.38 Å². The second-order valence-electron chi connectivity index (χ2n) is 5.60. The predicted octanol–water partition coefficient (Wildman–Crippen LogP) is 3.14. The quantitative estimate of drug-likeness (QED) is 0.929. The van der Waals surface area contributed by atoms with Gasteiger partial charge < -0.3 is 10.2 Å². The molecule has 2 heterocycles. The number of carbonyl (C=O) groups is 2. The Morgan fingerprint density at radius 2 is 2.24 bits per heavy atom. The molecule has 2 amide bonds. The Bertz CT molecular complexity index is 501. The molecule has 1 aromatic rings. The highest BCUT2D eigenvalue weighted by Gasteiger charge is 2.23. The predicted molar refractivity (Wildman–Crippen MR) is 84.6 cm³/mol. The molecule has 1 fully saturated rings. The first-order valence-corrected chi connectivity index (χ1v) is 8.50. The maximum Gasteiger partial charge on any atom is 0.273 e. The second kappa shape index (κ2) is 7.54. The van der Waals surface area contributed by atoms with Crippen molar-refractivity contribution in [2.24, 2.45) is 5.92 Å². The number of thiazole rings is 1. The Kier molecular flexibility index (Phi) is 5.73. The van der Waals surface area contributed by atoms with E-state index in [0.29, 0.717) is 10.8 Å². The summed E-state index contributed by atoms with van der Waals surface area (Å²) in [4.78, 5) is 29.6. The second-order valence-corrected chi connectivity index (χ2v) is 6.45. The smallest absolute Gasteiger partial charge is 0.273 e.